The van der Waals surface area contributed by atoms with Gasteiger partial charge in [-0.2, -0.15) is 0 Å². The molecule has 0 saturated carbocycles. The van der Waals surface area contributed by atoms with Crippen molar-refractivity contribution >= 4 is 35.6 Å². The standard InChI is InChI=1S/C14H19ClFN3O2.ClH/c1-21-8-13(17)14(20)18-9-4-5-19(7-9)10-2-3-12(16)11(15)6-10;/h2-3,6,9,13H,4-5,7-8,17H2,1H3,(H,18,20);1H. The molecule has 2 unspecified atom stereocenters. The lowest BCUT2D eigenvalue weighted by molar-refractivity contribution is -0.124. The number of halogens is 3. The summed E-state index contributed by atoms with van der Waals surface area (Å²) in [6.07, 6.45) is 0.806. The highest BCUT2D eigenvalue weighted by Gasteiger charge is 2.26. The van der Waals surface area contributed by atoms with Gasteiger partial charge in [0.25, 0.3) is 0 Å². The Hall–Kier alpha value is -1.08. The molecule has 124 valence electrons. The lowest BCUT2D eigenvalue weighted by atomic mass is 10.2. The number of anilines is 1. The molecule has 0 aromatic heterocycles. The zero-order valence-corrected chi connectivity index (χ0v) is 13.8. The number of hydrogen-bond donors (Lipinski definition) is 2. The number of amides is 1. The van der Waals surface area contributed by atoms with Gasteiger partial charge in [0.2, 0.25) is 5.91 Å². The fourth-order valence-corrected chi connectivity index (χ4v) is 2.53. The summed E-state index contributed by atoms with van der Waals surface area (Å²) in [7, 11) is 1.50. The van der Waals surface area contributed by atoms with Gasteiger partial charge in [-0.1, -0.05) is 11.6 Å². The van der Waals surface area contributed by atoms with Crippen molar-refractivity contribution in [2.75, 3.05) is 31.7 Å². The van der Waals surface area contributed by atoms with E-state index in [1.165, 1.54) is 13.2 Å². The number of rotatable bonds is 5. The van der Waals surface area contributed by atoms with Gasteiger partial charge in [-0.15, -0.1) is 12.4 Å². The molecule has 5 nitrogen and oxygen atoms in total. The predicted molar refractivity (Wildman–Crippen MR) is 87.3 cm³/mol. The van der Waals surface area contributed by atoms with Crippen molar-refractivity contribution in [2.24, 2.45) is 5.73 Å². The number of hydrogen-bond acceptors (Lipinski definition) is 4. The van der Waals surface area contributed by atoms with Crippen LogP contribution in [-0.2, 0) is 9.53 Å². The molecule has 8 heteroatoms. The lowest BCUT2D eigenvalue weighted by Crippen LogP contribution is -2.48. The maximum atomic E-state index is 13.2. The number of ether oxygens (including phenoxy) is 1. The van der Waals surface area contributed by atoms with Gasteiger partial charge in [-0.3, -0.25) is 4.79 Å². The number of nitrogens with one attached hydrogen (secondary N) is 1. The molecule has 0 radical (unpaired) electrons. The van der Waals surface area contributed by atoms with Crippen LogP contribution in [0.25, 0.3) is 0 Å². The molecule has 2 atom stereocenters. The van der Waals surface area contributed by atoms with Crippen LogP contribution in [0.3, 0.4) is 0 Å². The average Bonchev–Trinajstić information content (AvgIpc) is 2.90. The first kappa shape index (κ1) is 19.0. The third kappa shape index (κ3) is 4.71. The van der Waals surface area contributed by atoms with E-state index < -0.39 is 11.9 Å². The summed E-state index contributed by atoms with van der Waals surface area (Å²) in [6, 6.07) is 3.98. The summed E-state index contributed by atoms with van der Waals surface area (Å²) < 4.78 is 18.0. The van der Waals surface area contributed by atoms with Crippen molar-refractivity contribution in [1.29, 1.82) is 0 Å². The largest absolute Gasteiger partial charge is 0.383 e. The summed E-state index contributed by atoms with van der Waals surface area (Å²) in [5.41, 5.74) is 6.52. The first-order valence-electron chi connectivity index (χ1n) is 6.76. The molecule has 2 rings (SSSR count). The fraction of sp³-hybridized carbons (Fsp3) is 0.500. The van der Waals surface area contributed by atoms with E-state index in [4.69, 9.17) is 22.1 Å². The maximum Gasteiger partial charge on any atom is 0.239 e. The van der Waals surface area contributed by atoms with Gasteiger partial charge >= 0.3 is 0 Å². The molecule has 0 aliphatic carbocycles. The Kier molecular flexibility index (Phi) is 7.35. The molecule has 1 heterocycles. The van der Waals surface area contributed by atoms with E-state index in [9.17, 15) is 9.18 Å². The van der Waals surface area contributed by atoms with Crippen molar-refractivity contribution < 1.29 is 13.9 Å². The van der Waals surface area contributed by atoms with Gasteiger partial charge in [-0.25, -0.2) is 4.39 Å². The maximum absolute atomic E-state index is 13.2. The molecule has 1 aromatic carbocycles. The quantitative estimate of drug-likeness (QED) is 0.844. The molecule has 1 saturated heterocycles. The van der Waals surface area contributed by atoms with Crippen LogP contribution in [0.2, 0.25) is 5.02 Å². The van der Waals surface area contributed by atoms with E-state index in [-0.39, 0.29) is 36.0 Å². The van der Waals surface area contributed by atoms with Crippen LogP contribution in [0.5, 0.6) is 0 Å². The summed E-state index contributed by atoms with van der Waals surface area (Å²) in [4.78, 5) is 13.9. The van der Waals surface area contributed by atoms with E-state index in [0.717, 1.165) is 18.7 Å². The van der Waals surface area contributed by atoms with Crippen LogP contribution in [0.15, 0.2) is 18.2 Å². The third-order valence-corrected chi connectivity index (χ3v) is 3.78. The zero-order chi connectivity index (χ0) is 15.4. The van der Waals surface area contributed by atoms with Crippen LogP contribution in [0.1, 0.15) is 6.42 Å². The van der Waals surface area contributed by atoms with E-state index in [0.29, 0.717) is 6.54 Å². The molecule has 1 aliphatic rings. The molecule has 0 bridgehead atoms. The van der Waals surface area contributed by atoms with Crippen molar-refractivity contribution in [3.05, 3.63) is 29.0 Å². The number of carbonyl (C=O) groups is 1. The highest BCUT2D eigenvalue weighted by molar-refractivity contribution is 6.31. The van der Waals surface area contributed by atoms with E-state index >= 15 is 0 Å². The Bertz CT molecular complexity index is 519. The molecule has 1 fully saturated rings. The second-order valence-corrected chi connectivity index (χ2v) is 5.51. The van der Waals surface area contributed by atoms with E-state index in [1.807, 2.05) is 0 Å². The van der Waals surface area contributed by atoms with Gasteiger partial charge in [-0.05, 0) is 24.6 Å². The lowest BCUT2D eigenvalue weighted by Gasteiger charge is -2.20. The zero-order valence-electron chi connectivity index (χ0n) is 12.2. The first-order valence-corrected chi connectivity index (χ1v) is 7.14. The highest BCUT2D eigenvalue weighted by Crippen LogP contribution is 2.25. The van der Waals surface area contributed by atoms with E-state index in [2.05, 4.69) is 10.2 Å². The van der Waals surface area contributed by atoms with E-state index in [1.54, 1.807) is 12.1 Å². The molecule has 1 amide bonds. The van der Waals surface area contributed by atoms with Crippen LogP contribution in [0, 0.1) is 5.82 Å². The third-order valence-electron chi connectivity index (χ3n) is 3.49. The number of methoxy groups -OCH3 is 1. The summed E-state index contributed by atoms with van der Waals surface area (Å²) >= 11 is 5.79. The molecule has 22 heavy (non-hydrogen) atoms. The molecule has 1 aromatic rings. The topological polar surface area (TPSA) is 67.6 Å². The molecule has 1 aliphatic heterocycles. The van der Waals surface area contributed by atoms with Crippen molar-refractivity contribution in [2.45, 2.75) is 18.5 Å². The molecular formula is C14H20Cl2FN3O2. The fourth-order valence-electron chi connectivity index (χ4n) is 2.36. The second-order valence-electron chi connectivity index (χ2n) is 5.10. The average molecular weight is 352 g/mol. The van der Waals surface area contributed by atoms with Gasteiger partial charge in [0.05, 0.1) is 11.6 Å². The number of carbonyl (C=O) groups excluding carboxylic acids is 1. The summed E-state index contributed by atoms with van der Waals surface area (Å²) in [5, 5.41) is 3.00. The minimum absolute atomic E-state index is 0. The van der Waals surface area contributed by atoms with Gasteiger partial charge in [0, 0.05) is 31.9 Å². The Morgan fingerprint density at radius 1 is 1.64 bits per heavy atom. The number of nitrogens with zero attached hydrogens (tertiary/aromatic N) is 1. The normalized spacial score (nSPS) is 18.7. The Morgan fingerprint density at radius 2 is 2.36 bits per heavy atom. The Labute approximate surface area is 140 Å². The molecule has 0 spiro atoms. The second kappa shape index (κ2) is 8.53. The van der Waals surface area contributed by atoms with Crippen molar-refractivity contribution in [1.82, 2.24) is 5.32 Å². The van der Waals surface area contributed by atoms with Gasteiger partial charge < -0.3 is 20.7 Å². The van der Waals surface area contributed by atoms with Crippen LogP contribution in [-0.4, -0.2) is 44.8 Å². The first-order chi connectivity index (χ1) is 10.0. The SMILES string of the molecule is COCC(N)C(=O)NC1CCN(c2ccc(F)c(Cl)c2)C1.Cl. The predicted octanol–water partition coefficient (Wildman–Crippen LogP) is 1.57. The Balaban J connectivity index is 0.00000242. The van der Waals surface area contributed by atoms with Crippen LogP contribution < -0.4 is 16.0 Å². The van der Waals surface area contributed by atoms with Crippen LogP contribution >= 0.6 is 24.0 Å². The molecular weight excluding hydrogens is 332 g/mol. The highest BCUT2D eigenvalue weighted by atomic mass is 35.5. The smallest absolute Gasteiger partial charge is 0.239 e. The Morgan fingerprint density at radius 3 is 3.00 bits per heavy atom. The molecule has 3 N–H and O–H groups in total. The van der Waals surface area contributed by atoms with Crippen molar-refractivity contribution in [3.63, 3.8) is 0 Å². The van der Waals surface area contributed by atoms with Crippen LogP contribution in [0.4, 0.5) is 10.1 Å². The number of benzene rings is 1. The monoisotopic (exact) mass is 351 g/mol. The summed E-state index contributed by atoms with van der Waals surface area (Å²) in [5.74, 6) is -0.657. The number of nitrogens with two attached hydrogens (primary N) is 1. The van der Waals surface area contributed by atoms with Gasteiger partial charge in [0.1, 0.15) is 11.9 Å². The van der Waals surface area contributed by atoms with Crippen molar-refractivity contribution in [3.8, 4) is 0 Å². The van der Waals surface area contributed by atoms with Gasteiger partial charge in [0.15, 0.2) is 0 Å². The minimum atomic E-state index is -0.663. The minimum Gasteiger partial charge on any atom is -0.383 e. The summed E-state index contributed by atoms with van der Waals surface area (Å²) in [6.45, 7) is 1.61.